The molecule has 10 nitrogen and oxygen atoms in total. The van der Waals surface area contributed by atoms with Gasteiger partial charge in [-0.3, -0.25) is 28.9 Å². The molecule has 1 aromatic heterocycles. The minimum absolute atomic E-state index is 0.00124. The van der Waals surface area contributed by atoms with Gasteiger partial charge in [-0.25, -0.2) is 13.8 Å². The van der Waals surface area contributed by atoms with Crippen LogP contribution in [0, 0.1) is 11.8 Å². The molecule has 4 unspecified atom stereocenters. The summed E-state index contributed by atoms with van der Waals surface area (Å²) in [6.45, 7) is 15.1. The van der Waals surface area contributed by atoms with Crippen molar-refractivity contribution in [3.05, 3.63) is 85.2 Å². The first-order valence-electron chi connectivity index (χ1n) is 20.0. The molecule has 0 spiro atoms. The Morgan fingerprint density at radius 2 is 1.74 bits per heavy atom. The molecule has 3 aliphatic heterocycles. The number of hydrogen-bond acceptors (Lipinski definition) is 7. The van der Waals surface area contributed by atoms with E-state index in [9.17, 15) is 14.4 Å². The summed E-state index contributed by atoms with van der Waals surface area (Å²) >= 11 is 0. The van der Waals surface area contributed by atoms with Crippen molar-refractivity contribution in [2.45, 2.75) is 109 Å². The number of piperazine rings is 1. The van der Waals surface area contributed by atoms with E-state index < -0.39 is 23.5 Å². The number of nitrogens with one attached hydrogen (secondary N) is 1. The van der Waals surface area contributed by atoms with Gasteiger partial charge in [0.1, 0.15) is 11.7 Å². The Hall–Kier alpha value is -3.67. The number of alkyl halides is 1. The van der Waals surface area contributed by atoms with Crippen LogP contribution in [0.5, 0.6) is 0 Å². The summed E-state index contributed by atoms with van der Waals surface area (Å²) in [5, 5.41) is 3.34. The van der Waals surface area contributed by atoms with E-state index >= 15 is 4.39 Å². The third kappa shape index (κ3) is 8.37. The average Bonchev–Trinajstić information content (AvgIpc) is 3.14. The predicted molar refractivity (Wildman–Crippen MR) is 206 cm³/mol. The molecule has 1 N–H and O–H groups in total. The Morgan fingerprint density at radius 1 is 1.00 bits per heavy atom. The maximum absolute atomic E-state index is 15.1. The van der Waals surface area contributed by atoms with Gasteiger partial charge in [0.15, 0.2) is 0 Å². The van der Waals surface area contributed by atoms with E-state index in [0.29, 0.717) is 63.0 Å². The van der Waals surface area contributed by atoms with Crippen LogP contribution in [0.25, 0.3) is 11.8 Å². The Kier molecular flexibility index (Phi) is 11.6. The third-order valence-corrected chi connectivity index (χ3v) is 12.3. The fourth-order valence-electron chi connectivity index (χ4n) is 8.99. The van der Waals surface area contributed by atoms with Crippen LogP contribution in [0.3, 0.4) is 0 Å². The molecular formula is C42H57FN6O4. The van der Waals surface area contributed by atoms with Crippen molar-refractivity contribution in [1.82, 2.24) is 24.3 Å². The Labute approximate surface area is 312 Å². The second-order valence-electron chi connectivity index (χ2n) is 16.3. The average molecular weight is 729 g/mol. The number of allylic oxidation sites excluding steroid dienone is 2. The van der Waals surface area contributed by atoms with E-state index in [1.54, 1.807) is 6.92 Å². The number of halogens is 1. The monoisotopic (exact) mass is 728 g/mol. The molecule has 53 heavy (non-hydrogen) atoms. The molecule has 286 valence electrons. The third-order valence-electron chi connectivity index (χ3n) is 12.3. The molecule has 1 amide bonds. The van der Waals surface area contributed by atoms with Gasteiger partial charge in [0.05, 0.1) is 16.9 Å². The molecule has 4 heterocycles. The SMILES string of the molecule is CC1C=C(CN2CCN(C(C)C)CC2)C=CC1c1cccc(-n2c3c(c(=O)n(C4CCC(NC(=O)CC5CCOCC5)CC4)c2=O)=CC(F)C(C)N=3)c1. The standard InChI is InChI=1S/C42H57FN6O4/c1-27(2)47-18-16-46(17-19-47)26-31-8-13-36(28(3)22-31)32-6-5-7-35(24-32)48-40-37(25-38(43)29(4)44-40)41(51)49(42(48)52)34-11-9-33(10-12-34)45-39(50)23-30-14-20-53-21-15-30/h5-8,13,22,24-25,27-30,33-34,36,38H,9-12,14-21,23,26H2,1-4H3,(H,45,50). The highest BCUT2D eigenvalue weighted by molar-refractivity contribution is 5.76. The molecule has 0 radical (unpaired) electrons. The molecule has 4 atom stereocenters. The van der Waals surface area contributed by atoms with Gasteiger partial charge < -0.3 is 10.1 Å². The van der Waals surface area contributed by atoms with E-state index in [2.05, 4.69) is 65.2 Å². The highest BCUT2D eigenvalue weighted by Crippen LogP contribution is 2.33. The molecule has 5 aliphatic rings. The zero-order chi connectivity index (χ0) is 37.2. The van der Waals surface area contributed by atoms with Crippen LogP contribution in [0.4, 0.5) is 4.39 Å². The molecule has 2 saturated heterocycles. The van der Waals surface area contributed by atoms with E-state index in [1.165, 1.54) is 20.8 Å². The number of hydrogen-bond donors (Lipinski definition) is 1. The van der Waals surface area contributed by atoms with Crippen molar-refractivity contribution in [3.8, 4) is 5.69 Å². The van der Waals surface area contributed by atoms with E-state index in [0.717, 1.165) is 51.1 Å². The summed E-state index contributed by atoms with van der Waals surface area (Å²) in [7, 11) is 0. The van der Waals surface area contributed by atoms with E-state index in [-0.39, 0.29) is 40.5 Å². The van der Waals surface area contributed by atoms with E-state index in [4.69, 9.17) is 4.74 Å². The lowest BCUT2D eigenvalue weighted by molar-refractivity contribution is -0.123. The number of fused-ring (bicyclic) bond motifs is 1. The van der Waals surface area contributed by atoms with Crippen molar-refractivity contribution in [2.75, 3.05) is 45.9 Å². The van der Waals surface area contributed by atoms with Crippen molar-refractivity contribution in [3.63, 3.8) is 0 Å². The summed E-state index contributed by atoms with van der Waals surface area (Å²) in [5.74, 6) is 0.770. The normalized spacial score (nSPS) is 28.5. The maximum Gasteiger partial charge on any atom is 0.337 e. The minimum atomic E-state index is -1.42. The molecule has 2 aromatic rings. The van der Waals surface area contributed by atoms with Gasteiger partial charge in [-0.2, -0.15) is 0 Å². The van der Waals surface area contributed by atoms with Gasteiger partial charge in [-0.05, 0) is 100 Å². The first kappa shape index (κ1) is 37.6. The smallest absolute Gasteiger partial charge is 0.337 e. The lowest BCUT2D eigenvalue weighted by Gasteiger charge is -2.37. The topological polar surface area (TPSA) is 101 Å². The first-order chi connectivity index (χ1) is 25.5. The van der Waals surface area contributed by atoms with Gasteiger partial charge in [0.2, 0.25) is 5.91 Å². The van der Waals surface area contributed by atoms with Gasteiger partial charge in [-0.15, -0.1) is 0 Å². The fourth-order valence-corrected chi connectivity index (χ4v) is 8.99. The summed E-state index contributed by atoms with van der Waals surface area (Å²) in [6.07, 6.45) is 11.6. The molecule has 7 rings (SSSR count). The quantitative estimate of drug-likeness (QED) is 0.422. The number of amides is 1. The van der Waals surface area contributed by atoms with Crippen molar-refractivity contribution in [1.29, 1.82) is 0 Å². The van der Waals surface area contributed by atoms with Crippen LogP contribution in [-0.4, -0.2) is 95.1 Å². The molecule has 1 aromatic carbocycles. The zero-order valence-electron chi connectivity index (χ0n) is 31.9. The second-order valence-corrected chi connectivity index (χ2v) is 16.3. The fraction of sp³-hybridized carbons (Fsp3) is 0.619. The highest BCUT2D eigenvalue weighted by atomic mass is 19.1. The Morgan fingerprint density at radius 3 is 2.43 bits per heavy atom. The molecule has 0 bridgehead atoms. The Bertz CT molecular complexity index is 1950. The van der Waals surface area contributed by atoms with Crippen LogP contribution in [0.15, 0.2) is 62.6 Å². The highest BCUT2D eigenvalue weighted by Gasteiger charge is 2.30. The largest absolute Gasteiger partial charge is 0.381 e. The lowest BCUT2D eigenvalue weighted by Crippen LogP contribution is -2.61. The van der Waals surface area contributed by atoms with Gasteiger partial charge >= 0.3 is 5.69 Å². The Balaban J connectivity index is 1.11. The number of ether oxygens (including phenoxy) is 1. The zero-order valence-corrected chi connectivity index (χ0v) is 31.9. The van der Waals surface area contributed by atoms with E-state index in [1.807, 2.05) is 18.2 Å². The van der Waals surface area contributed by atoms with Crippen LogP contribution >= 0.6 is 0 Å². The maximum atomic E-state index is 15.1. The molecule has 11 heteroatoms. The summed E-state index contributed by atoms with van der Waals surface area (Å²) < 4.78 is 23.4. The van der Waals surface area contributed by atoms with Crippen LogP contribution < -0.4 is 27.3 Å². The van der Waals surface area contributed by atoms with Gasteiger partial charge in [0.25, 0.3) is 5.56 Å². The lowest BCUT2D eigenvalue weighted by atomic mass is 9.82. The second kappa shape index (κ2) is 16.4. The van der Waals surface area contributed by atoms with Crippen LogP contribution in [0.1, 0.15) is 90.2 Å². The molecule has 3 fully saturated rings. The number of carbonyl (C=O) groups excluding carboxylic acids is 1. The molecule has 1 saturated carbocycles. The molecular weight excluding hydrogens is 671 g/mol. The minimum Gasteiger partial charge on any atom is -0.381 e. The van der Waals surface area contributed by atoms with Gasteiger partial charge in [0, 0.05) is 76.4 Å². The predicted octanol–water partition coefficient (Wildman–Crippen LogP) is 3.80. The molecule has 2 aliphatic carbocycles. The van der Waals surface area contributed by atoms with Crippen LogP contribution in [0.2, 0.25) is 0 Å². The van der Waals surface area contributed by atoms with Crippen molar-refractivity contribution >= 4 is 12.0 Å². The van der Waals surface area contributed by atoms with Gasteiger partial charge in [-0.1, -0.05) is 37.3 Å². The van der Waals surface area contributed by atoms with Crippen LogP contribution in [-0.2, 0) is 9.53 Å². The number of aromatic nitrogens is 2. The number of carbonyl (C=O) groups is 1. The summed E-state index contributed by atoms with van der Waals surface area (Å²) in [4.78, 5) is 51.0. The number of benzene rings is 1. The first-order valence-corrected chi connectivity index (χ1v) is 20.0. The number of rotatable bonds is 9. The number of nitrogens with zero attached hydrogens (tertiary/aromatic N) is 5. The summed E-state index contributed by atoms with van der Waals surface area (Å²) in [5.41, 5.74) is 2.29. The van der Waals surface area contributed by atoms with Crippen molar-refractivity contribution in [2.24, 2.45) is 16.8 Å². The summed E-state index contributed by atoms with van der Waals surface area (Å²) in [6, 6.07) is 7.45. The van der Waals surface area contributed by atoms with Crippen molar-refractivity contribution < 1.29 is 13.9 Å².